The highest BCUT2D eigenvalue weighted by atomic mass is 35.5. The number of halogens is 4. The van der Waals surface area contributed by atoms with Crippen molar-refractivity contribution in [3.8, 4) is 11.5 Å². The fraction of sp³-hybridized carbons (Fsp3) is 0.133. The standard InChI is InChI=1S/C30H23Cl3FNO5/c1-39-30(38)26(14-17-2-10-22(36)11-3-17)35-29(37)19-6-13-27(25(34)15-19)40-28(18-4-7-20(31)8-5-18)23-12-9-21(32)16-24(23)33/h2-13,15-16,26,28,36H,14H2,1H3,(H,35,37)/t26-,28?/m1/s1. The van der Waals surface area contributed by atoms with Crippen LogP contribution < -0.4 is 10.1 Å². The Morgan fingerprint density at radius 2 is 1.57 bits per heavy atom. The topological polar surface area (TPSA) is 84.9 Å². The average Bonchev–Trinajstić information content (AvgIpc) is 2.93. The lowest BCUT2D eigenvalue weighted by atomic mass is 10.0. The number of nitrogens with one attached hydrogen (secondary N) is 1. The Kier molecular flexibility index (Phi) is 9.53. The van der Waals surface area contributed by atoms with Crippen LogP contribution in [0.1, 0.15) is 33.2 Å². The van der Waals surface area contributed by atoms with Crippen molar-refractivity contribution in [3.63, 3.8) is 0 Å². The largest absolute Gasteiger partial charge is 0.508 e. The number of aromatic hydroxyl groups is 1. The van der Waals surface area contributed by atoms with Crippen LogP contribution in [0.5, 0.6) is 11.5 Å². The molecule has 1 unspecified atom stereocenters. The fourth-order valence-corrected chi connectivity index (χ4v) is 4.61. The highest BCUT2D eigenvalue weighted by Gasteiger charge is 2.25. The van der Waals surface area contributed by atoms with Gasteiger partial charge in [-0.2, -0.15) is 0 Å². The molecule has 0 aliphatic heterocycles. The van der Waals surface area contributed by atoms with Crippen LogP contribution in [0.2, 0.25) is 15.1 Å². The number of carbonyl (C=O) groups excluding carboxylic acids is 2. The molecule has 0 aromatic heterocycles. The first-order valence-corrected chi connectivity index (χ1v) is 13.1. The summed E-state index contributed by atoms with van der Waals surface area (Å²) in [4.78, 5) is 25.3. The van der Waals surface area contributed by atoms with Crippen molar-refractivity contribution in [2.75, 3.05) is 7.11 Å². The van der Waals surface area contributed by atoms with Gasteiger partial charge >= 0.3 is 5.97 Å². The minimum atomic E-state index is -1.04. The molecule has 0 aliphatic carbocycles. The second-order valence-corrected chi connectivity index (χ2v) is 10.1. The van der Waals surface area contributed by atoms with Gasteiger partial charge in [0.1, 0.15) is 11.8 Å². The van der Waals surface area contributed by atoms with Gasteiger partial charge in [-0.25, -0.2) is 9.18 Å². The number of hydrogen-bond donors (Lipinski definition) is 2. The van der Waals surface area contributed by atoms with Crippen molar-refractivity contribution < 1.29 is 28.6 Å². The second kappa shape index (κ2) is 13.0. The molecule has 10 heteroatoms. The van der Waals surface area contributed by atoms with E-state index in [4.69, 9.17) is 44.3 Å². The third kappa shape index (κ3) is 7.24. The van der Waals surface area contributed by atoms with E-state index in [-0.39, 0.29) is 23.5 Å². The lowest BCUT2D eigenvalue weighted by molar-refractivity contribution is -0.142. The van der Waals surface area contributed by atoms with Crippen molar-refractivity contribution in [2.45, 2.75) is 18.6 Å². The van der Waals surface area contributed by atoms with E-state index in [9.17, 15) is 14.7 Å². The third-order valence-corrected chi connectivity index (χ3v) is 6.84. The number of benzene rings is 4. The summed E-state index contributed by atoms with van der Waals surface area (Å²) >= 11 is 18.5. The Balaban J connectivity index is 1.57. The molecule has 4 aromatic rings. The molecule has 0 heterocycles. The predicted octanol–water partition coefficient (Wildman–Crippen LogP) is 7.17. The van der Waals surface area contributed by atoms with Crippen molar-refractivity contribution >= 4 is 46.7 Å². The number of carbonyl (C=O) groups is 2. The van der Waals surface area contributed by atoms with Crippen LogP contribution in [-0.4, -0.2) is 30.1 Å². The molecule has 0 aliphatic rings. The predicted molar refractivity (Wildman–Crippen MR) is 152 cm³/mol. The summed E-state index contributed by atoms with van der Waals surface area (Å²) in [5, 5.41) is 13.3. The molecule has 2 atom stereocenters. The van der Waals surface area contributed by atoms with Gasteiger partial charge in [0, 0.05) is 32.6 Å². The first-order chi connectivity index (χ1) is 19.1. The Labute approximate surface area is 245 Å². The molecule has 4 aromatic carbocycles. The monoisotopic (exact) mass is 601 g/mol. The lowest BCUT2D eigenvalue weighted by Crippen LogP contribution is -2.43. The smallest absolute Gasteiger partial charge is 0.328 e. The number of rotatable bonds is 9. The van der Waals surface area contributed by atoms with E-state index in [0.717, 1.165) is 6.07 Å². The number of esters is 1. The van der Waals surface area contributed by atoms with Crippen molar-refractivity contribution in [1.82, 2.24) is 5.32 Å². The Morgan fingerprint density at radius 3 is 2.20 bits per heavy atom. The molecule has 6 nitrogen and oxygen atoms in total. The highest BCUT2D eigenvalue weighted by Crippen LogP contribution is 2.35. The van der Waals surface area contributed by atoms with Crippen LogP contribution in [0.4, 0.5) is 4.39 Å². The van der Waals surface area contributed by atoms with Gasteiger partial charge < -0.3 is 19.9 Å². The molecule has 4 rings (SSSR count). The molecule has 2 N–H and O–H groups in total. The minimum Gasteiger partial charge on any atom is -0.508 e. The van der Waals surface area contributed by atoms with E-state index < -0.39 is 29.8 Å². The Morgan fingerprint density at radius 1 is 0.900 bits per heavy atom. The number of ether oxygens (including phenoxy) is 2. The zero-order valence-corrected chi connectivity index (χ0v) is 23.3. The summed E-state index contributed by atoms with van der Waals surface area (Å²) in [5.74, 6) is -2.22. The maximum Gasteiger partial charge on any atom is 0.328 e. The summed E-state index contributed by atoms with van der Waals surface area (Å²) in [5.41, 5.74) is 1.85. The third-order valence-electron chi connectivity index (χ3n) is 6.02. The molecule has 0 bridgehead atoms. The van der Waals surface area contributed by atoms with Gasteiger partial charge in [0.25, 0.3) is 5.91 Å². The quantitative estimate of drug-likeness (QED) is 0.198. The van der Waals surface area contributed by atoms with Gasteiger partial charge in [0.15, 0.2) is 17.7 Å². The van der Waals surface area contributed by atoms with Crippen molar-refractivity contribution in [1.29, 1.82) is 0 Å². The van der Waals surface area contributed by atoms with E-state index >= 15 is 4.39 Å². The SMILES string of the molecule is COC(=O)[C@@H](Cc1ccc(O)cc1)NC(=O)c1ccc(OC(c2ccc(Cl)cc2)c2ccc(Cl)cc2Cl)c(F)c1. The van der Waals surface area contributed by atoms with Crippen LogP contribution in [-0.2, 0) is 16.0 Å². The Hall–Kier alpha value is -3.78. The van der Waals surface area contributed by atoms with E-state index in [1.165, 1.54) is 31.4 Å². The second-order valence-electron chi connectivity index (χ2n) is 8.78. The van der Waals surface area contributed by atoms with Gasteiger partial charge in [-0.1, -0.05) is 65.1 Å². The minimum absolute atomic E-state index is 0.0305. The number of phenols is 1. The van der Waals surface area contributed by atoms with Crippen LogP contribution in [0.3, 0.4) is 0 Å². The maximum atomic E-state index is 15.3. The lowest BCUT2D eigenvalue weighted by Gasteiger charge is -2.22. The number of methoxy groups -OCH3 is 1. The van der Waals surface area contributed by atoms with E-state index in [2.05, 4.69) is 5.32 Å². The molecule has 40 heavy (non-hydrogen) atoms. The molecule has 1 amide bonds. The normalized spacial score (nSPS) is 12.3. The van der Waals surface area contributed by atoms with Crippen LogP contribution >= 0.6 is 34.8 Å². The molecular formula is C30H23Cl3FNO5. The van der Waals surface area contributed by atoms with Gasteiger partial charge in [0.05, 0.1) is 7.11 Å². The zero-order chi connectivity index (χ0) is 28.8. The number of hydrogen-bond acceptors (Lipinski definition) is 5. The first kappa shape index (κ1) is 29.2. The summed E-state index contributed by atoms with van der Waals surface area (Å²) < 4.78 is 26.2. The van der Waals surface area contributed by atoms with Crippen molar-refractivity contribution in [3.05, 3.63) is 128 Å². The van der Waals surface area contributed by atoms with E-state index in [0.29, 0.717) is 31.8 Å². The molecule has 0 radical (unpaired) electrons. The zero-order valence-electron chi connectivity index (χ0n) is 21.0. The number of amides is 1. The summed E-state index contributed by atoms with van der Waals surface area (Å²) in [6.07, 6.45) is -0.710. The summed E-state index contributed by atoms with van der Waals surface area (Å²) in [7, 11) is 1.20. The first-order valence-electron chi connectivity index (χ1n) is 12.0. The molecule has 0 spiro atoms. The molecule has 206 valence electrons. The maximum absolute atomic E-state index is 15.3. The van der Waals surface area contributed by atoms with E-state index in [1.54, 1.807) is 54.6 Å². The van der Waals surface area contributed by atoms with Crippen LogP contribution in [0, 0.1) is 5.82 Å². The molecule has 0 fully saturated rings. The molecule has 0 saturated carbocycles. The van der Waals surface area contributed by atoms with E-state index in [1.807, 2.05) is 0 Å². The molecular weight excluding hydrogens is 580 g/mol. The van der Waals surface area contributed by atoms with Gasteiger partial charge in [-0.05, 0) is 65.7 Å². The van der Waals surface area contributed by atoms with Crippen LogP contribution in [0.25, 0.3) is 0 Å². The Bertz CT molecular complexity index is 1510. The van der Waals surface area contributed by atoms with Crippen LogP contribution in [0.15, 0.2) is 84.9 Å². The van der Waals surface area contributed by atoms with Gasteiger partial charge in [-0.3, -0.25) is 4.79 Å². The summed E-state index contributed by atoms with van der Waals surface area (Å²) in [6.45, 7) is 0. The van der Waals surface area contributed by atoms with Gasteiger partial charge in [-0.15, -0.1) is 0 Å². The summed E-state index contributed by atoms with van der Waals surface area (Å²) in [6, 6.07) is 20.6. The average molecular weight is 603 g/mol. The highest BCUT2D eigenvalue weighted by molar-refractivity contribution is 6.35. The van der Waals surface area contributed by atoms with Gasteiger partial charge in [0.2, 0.25) is 0 Å². The van der Waals surface area contributed by atoms with Crippen molar-refractivity contribution in [2.24, 2.45) is 0 Å². The molecule has 0 saturated heterocycles. The number of phenolic OH excluding ortho intramolecular Hbond substituents is 1. The fourth-order valence-electron chi connectivity index (χ4n) is 3.97.